The molecule has 0 saturated heterocycles. The first-order valence-corrected chi connectivity index (χ1v) is 13.5. The number of amides is 3. The van der Waals surface area contributed by atoms with E-state index in [2.05, 4.69) is 10.6 Å². The van der Waals surface area contributed by atoms with Gasteiger partial charge in [0.15, 0.2) is 0 Å². The van der Waals surface area contributed by atoms with Crippen LogP contribution in [0.25, 0.3) is 0 Å². The summed E-state index contributed by atoms with van der Waals surface area (Å²) in [5.74, 6) is -0.544. The number of carbonyl (C=O) groups excluding carboxylic acids is 5. The average Bonchev–Trinajstić information content (AvgIpc) is 3.33. The number of nitrogens with two attached hydrogens (primary N) is 1. The molecule has 0 fully saturated rings. The van der Waals surface area contributed by atoms with Crippen LogP contribution in [0.2, 0.25) is 0 Å². The highest BCUT2D eigenvalue weighted by molar-refractivity contribution is 6.03. The van der Waals surface area contributed by atoms with Crippen molar-refractivity contribution in [2.45, 2.75) is 25.4 Å². The second-order valence-corrected chi connectivity index (χ2v) is 9.25. The predicted molar refractivity (Wildman–Crippen MR) is 152 cm³/mol. The van der Waals surface area contributed by atoms with Gasteiger partial charge in [-0.05, 0) is 36.8 Å². The second kappa shape index (κ2) is 16.8. The molecule has 0 aromatic heterocycles. The minimum Gasteiger partial charge on any atom is -0.495 e. The topological polar surface area (TPSA) is 176 Å². The van der Waals surface area contributed by atoms with Gasteiger partial charge in [-0.15, -0.1) is 0 Å². The van der Waals surface area contributed by atoms with Crippen molar-refractivity contribution in [2.75, 3.05) is 64.3 Å². The molecule has 2 aromatic rings. The van der Waals surface area contributed by atoms with E-state index in [1.54, 1.807) is 36.4 Å². The van der Waals surface area contributed by atoms with Crippen LogP contribution in [0.3, 0.4) is 0 Å². The number of aldehydes is 2. The SMILES string of the molecule is COc1cc(C(=O)NCCOCCOCCOCC(=O)Nc2cccc3c2CN(C(C=O)CCC=O)C3=O)ccc1N. The van der Waals surface area contributed by atoms with Crippen LogP contribution in [0.1, 0.15) is 39.1 Å². The highest BCUT2D eigenvalue weighted by Crippen LogP contribution is 2.31. The Morgan fingerprint density at radius 3 is 2.50 bits per heavy atom. The van der Waals surface area contributed by atoms with Gasteiger partial charge in [0, 0.05) is 41.9 Å². The maximum absolute atomic E-state index is 12.8. The summed E-state index contributed by atoms with van der Waals surface area (Å²) >= 11 is 0. The van der Waals surface area contributed by atoms with E-state index in [4.69, 9.17) is 24.7 Å². The van der Waals surface area contributed by atoms with Gasteiger partial charge in [-0.25, -0.2) is 0 Å². The number of hydrogen-bond donors (Lipinski definition) is 3. The fourth-order valence-electron chi connectivity index (χ4n) is 4.26. The minimum absolute atomic E-state index is 0.161. The monoisotopic (exact) mass is 584 g/mol. The van der Waals surface area contributed by atoms with E-state index in [0.29, 0.717) is 72.8 Å². The molecular formula is C29H36N4O9. The van der Waals surface area contributed by atoms with Gasteiger partial charge in [0.25, 0.3) is 11.8 Å². The fraction of sp³-hybridized carbons (Fsp3) is 0.414. The fourth-order valence-corrected chi connectivity index (χ4v) is 4.26. The first-order chi connectivity index (χ1) is 20.4. The highest BCUT2D eigenvalue weighted by Gasteiger charge is 2.34. The summed E-state index contributed by atoms with van der Waals surface area (Å²) in [4.78, 5) is 60.9. The molecule has 1 aliphatic rings. The van der Waals surface area contributed by atoms with Crippen molar-refractivity contribution in [3.8, 4) is 5.75 Å². The normalized spacial score (nSPS) is 12.9. The molecule has 42 heavy (non-hydrogen) atoms. The maximum Gasteiger partial charge on any atom is 0.255 e. The molecule has 4 N–H and O–H groups in total. The third-order valence-electron chi connectivity index (χ3n) is 6.41. The average molecular weight is 585 g/mol. The second-order valence-electron chi connectivity index (χ2n) is 9.25. The van der Waals surface area contributed by atoms with Crippen LogP contribution in [0, 0.1) is 0 Å². The van der Waals surface area contributed by atoms with Crippen LogP contribution in [-0.2, 0) is 35.1 Å². The Morgan fingerprint density at radius 1 is 1.05 bits per heavy atom. The number of ether oxygens (including phenoxy) is 4. The summed E-state index contributed by atoms with van der Waals surface area (Å²) in [7, 11) is 1.48. The standard InChI is InChI=1S/C29H36N4O9/c1-39-26-16-20(7-8-24(26)30)28(37)31-9-11-40-12-13-41-14-15-42-19-27(36)32-25-6-2-5-22-23(25)17-33(29(22)38)21(18-35)4-3-10-34/h2,5-8,10,16,18,21H,3-4,9,11-15,17,19,30H2,1H3,(H,31,37)(H,32,36). The van der Waals surface area contributed by atoms with Gasteiger partial charge in [-0.3, -0.25) is 14.4 Å². The lowest BCUT2D eigenvalue weighted by molar-refractivity contribution is -0.121. The zero-order chi connectivity index (χ0) is 30.3. The number of hydrogen-bond acceptors (Lipinski definition) is 10. The highest BCUT2D eigenvalue weighted by atomic mass is 16.5. The predicted octanol–water partition coefficient (Wildman–Crippen LogP) is 1.20. The quantitative estimate of drug-likeness (QED) is 0.124. The van der Waals surface area contributed by atoms with Gasteiger partial charge >= 0.3 is 0 Å². The number of methoxy groups -OCH3 is 1. The van der Waals surface area contributed by atoms with Gasteiger partial charge in [-0.2, -0.15) is 0 Å². The smallest absolute Gasteiger partial charge is 0.255 e. The number of rotatable bonds is 19. The number of nitrogen functional groups attached to an aromatic ring is 1. The van der Waals surface area contributed by atoms with Crippen LogP contribution in [0.5, 0.6) is 5.75 Å². The van der Waals surface area contributed by atoms with Crippen LogP contribution < -0.4 is 21.1 Å². The summed E-state index contributed by atoms with van der Waals surface area (Å²) in [5.41, 5.74) is 8.13. The number of carbonyl (C=O) groups is 5. The lowest BCUT2D eigenvalue weighted by Crippen LogP contribution is -2.36. The van der Waals surface area contributed by atoms with Crippen molar-refractivity contribution in [1.29, 1.82) is 0 Å². The summed E-state index contributed by atoms with van der Waals surface area (Å²) < 4.78 is 21.3. The van der Waals surface area contributed by atoms with Crippen molar-refractivity contribution in [2.24, 2.45) is 0 Å². The molecule has 0 aliphatic carbocycles. The molecule has 0 bridgehead atoms. The molecule has 1 heterocycles. The molecule has 226 valence electrons. The Balaban J connectivity index is 1.26. The lowest BCUT2D eigenvalue weighted by Gasteiger charge is -2.22. The Labute approximate surface area is 243 Å². The zero-order valence-corrected chi connectivity index (χ0v) is 23.5. The van der Waals surface area contributed by atoms with Gasteiger partial charge in [0.2, 0.25) is 5.91 Å². The lowest BCUT2D eigenvalue weighted by atomic mass is 10.1. The minimum atomic E-state index is -0.710. The van der Waals surface area contributed by atoms with E-state index < -0.39 is 11.9 Å². The molecular weight excluding hydrogens is 548 g/mol. The van der Waals surface area contributed by atoms with Crippen molar-refractivity contribution >= 4 is 41.7 Å². The Bertz CT molecular complexity index is 1250. The summed E-state index contributed by atoms with van der Waals surface area (Å²) in [6, 6.07) is 9.05. The van der Waals surface area contributed by atoms with Gasteiger partial charge < -0.3 is 49.8 Å². The van der Waals surface area contributed by atoms with E-state index in [9.17, 15) is 24.0 Å². The summed E-state index contributed by atoms with van der Waals surface area (Å²) in [5, 5.41) is 5.50. The Hall–Kier alpha value is -4.33. The summed E-state index contributed by atoms with van der Waals surface area (Å²) in [6.45, 7) is 1.65. The van der Waals surface area contributed by atoms with Crippen molar-refractivity contribution < 1.29 is 42.9 Å². The van der Waals surface area contributed by atoms with Gasteiger partial charge in [0.1, 0.15) is 24.9 Å². The molecule has 0 radical (unpaired) electrons. The molecule has 1 atom stereocenters. The Morgan fingerprint density at radius 2 is 1.79 bits per heavy atom. The molecule has 0 saturated carbocycles. The van der Waals surface area contributed by atoms with Crippen LogP contribution >= 0.6 is 0 Å². The van der Waals surface area contributed by atoms with E-state index in [1.807, 2.05) is 0 Å². The molecule has 3 rings (SSSR count). The van der Waals surface area contributed by atoms with E-state index >= 15 is 0 Å². The number of benzene rings is 2. The molecule has 1 unspecified atom stereocenters. The van der Waals surface area contributed by atoms with Crippen molar-refractivity contribution in [3.05, 3.63) is 53.1 Å². The van der Waals surface area contributed by atoms with Crippen molar-refractivity contribution in [1.82, 2.24) is 10.2 Å². The largest absolute Gasteiger partial charge is 0.495 e. The zero-order valence-electron chi connectivity index (χ0n) is 23.5. The third kappa shape index (κ3) is 9.09. The van der Waals surface area contributed by atoms with Crippen LogP contribution in [0.4, 0.5) is 11.4 Å². The number of fused-ring (bicyclic) bond motifs is 1. The summed E-state index contributed by atoms with van der Waals surface area (Å²) in [6.07, 6.45) is 1.79. The molecule has 0 spiro atoms. The molecule has 2 aromatic carbocycles. The number of nitrogens with one attached hydrogen (secondary N) is 2. The molecule has 1 aliphatic heterocycles. The molecule has 13 heteroatoms. The molecule has 13 nitrogen and oxygen atoms in total. The van der Waals surface area contributed by atoms with Gasteiger partial charge in [-0.1, -0.05) is 6.07 Å². The van der Waals surface area contributed by atoms with Crippen LogP contribution in [-0.4, -0.2) is 94.5 Å². The number of nitrogens with zero attached hydrogens (tertiary/aromatic N) is 1. The molecule has 3 amide bonds. The van der Waals surface area contributed by atoms with Crippen molar-refractivity contribution in [3.63, 3.8) is 0 Å². The first kappa shape index (κ1) is 32.2. The van der Waals surface area contributed by atoms with E-state index in [1.165, 1.54) is 12.0 Å². The first-order valence-electron chi connectivity index (χ1n) is 13.5. The Kier molecular flexibility index (Phi) is 12.9. The number of anilines is 2. The van der Waals surface area contributed by atoms with E-state index in [0.717, 1.165) is 0 Å². The van der Waals surface area contributed by atoms with Crippen LogP contribution in [0.15, 0.2) is 36.4 Å². The van der Waals surface area contributed by atoms with Gasteiger partial charge in [0.05, 0.1) is 51.9 Å². The van der Waals surface area contributed by atoms with E-state index in [-0.39, 0.29) is 51.0 Å². The third-order valence-corrected chi connectivity index (χ3v) is 6.41. The maximum atomic E-state index is 12.8.